The van der Waals surface area contributed by atoms with Crippen molar-refractivity contribution in [2.45, 2.75) is 6.18 Å². The predicted octanol–water partition coefficient (Wildman–Crippen LogP) is 4.21. The summed E-state index contributed by atoms with van der Waals surface area (Å²) in [5.41, 5.74) is -1.62. The second-order valence-corrected chi connectivity index (χ2v) is 6.31. The molecule has 0 unspecified atom stereocenters. The first-order valence-electron chi connectivity index (χ1n) is 7.34. The van der Waals surface area contributed by atoms with Gasteiger partial charge in [-0.25, -0.2) is 9.78 Å². The van der Waals surface area contributed by atoms with Crippen molar-refractivity contribution in [3.63, 3.8) is 0 Å². The lowest BCUT2D eigenvalue weighted by Crippen LogP contribution is -2.23. The first-order valence-corrected chi connectivity index (χ1v) is 8.60. The third-order valence-corrected chi connectivity index (χ3v) is 4.04. The van der Waals surface area contributed by atoms with Crippen molar-refractivity contribution in [1.29, 1.82) is 0 Å². The molecule has 1 amide bonds. The Hall–Kier alpha value is -2.59. The average molecular weight is 420 g/mol. The van der Waals surface area contributed by atoms with Crippen LogP contribution < -0.4 is 10.6 Å². The number of amides is 1. The van der Waals surface area contributed by atoms with Crippen LogP contribution in [0, 0.1) is 0 Å². The lowest BCUT2D eigenvalue weighted by Gasteiger charge is -2.14. The lowest BCUT2D eigenvalue weighted by atomic mass is 10.1. The first kappa shape index (κ1) is 20.7. The molecule has 0 fully saturated rings. The molecule has 11 heteroatoms. The monoisotopic (exact) mass is 419 g/mol. The fourth-order valence-corrected chi connectivity index (χ4v) is 2.72. The molecule has 6 nitrogen and oxygen atoms in total. The summed E-state index contributed by atoms with van der Waals surface area (Å²) < 4.78 is 43.7. The van der Waals surface area contributed by atoms with Gasteiger partial charge in [-0.1, -0.05) is 17.7 Å². The van der Waals surface area contributed by atoms with Gasteiger partial charge in [-0.05, 0) is 18.2 Å². The summed E-state index contributed by atoms with van der Waals surface area (Å²) in [5, 5.41) is 6.68. The fourth-order valence-electron chi connectivity index (χ4n) is 1.86. The van der Waals surface area contributed by atoms with Gasteiger partial charge in [-0.15, -0.1) is 17.9 Å². The SMILES string of the molecule is C=CCNc1nc(C(=O)OCC(=O)Nc2ccc(Cl)cc2C(F)(F)F)cs1. The number of nitrogens with zero attached hydrogens (tertiary/aromatic N) is 1. The molecule has 0 spiro atoms. The quantitative estimate of drug-likeness (QED) is 0.519. The minimum Gasteiger partial charge on any atom is -0.451 e. The normalized spacial score (nSPS) is 11.0. The zero-order chi connectivity index (χ0) is 20.0. The molecular formula is C16H13ClF3N3O3S. The summed E-state index contributed by atoms with van der Waals surface area (Å²) in [7, 11) is 0. The number of halogens is 4. The van der Waals surface area contributed by atoms with Crippen molar-refractivity contribution in [2.24, 2.45) is 0 Å². The molecule has 0 radical (unpaired) electrons. The molecule has 0 aliphatic rings. The Balaban J connectivity index is 1.96. The van der Waals surface area contributed by atoms with Gasteiger partial charge in [0, 0.05) is 16.9 Å². The van der Waals surface area contributed by atoms with E-state index in [1.807, 2.05) is 5.32 Å². The van der Waals surface area contributed by atoms with Crippen LogP contribution in [0.25, 0.3) is 0 Å². The van der Waals surface area contributed by atoms with Crippen LogP contribution in [0.2, 0.25) is 5.02 Å². The largest absolute Gasteiger partial charge is 0.451 e. The number of alkyl halides is 3. The molecule has 2 aromatic rings. The first-order chi connectivity index (χ1) is 12.7. The minimum absolute atomic E-state index is 0.0261. The Kier molecular flexibility index (Phi) is 6.81. The molecular weight excluding hydrogens is 407 g/mol. The van der Waals surface area contributed by atoms with E-state index in [1.165, 1.54) is 11.4 Å². The molecule has 0 bridgehead atoms. The smallest absolute Gasteiger partial charge is 0.418 e. The number of carbonyl (C=O) groups excluding carboxylic acids is 2. The van der Waals surface area contributed by atoms with E-state index >= 15 is 0 Å². The van der Waals surface area contributed by atoms with Crippen molar-refractivity contribution < 1.29 is 27.5 Å². The number of esters is 1. The lowest BCUT2D eigenvalue weighted by molar-refractivity contribution is -0.137. The van der Waals surface area contributed by atoms with E-state index in [0.29, 0.717) is 17.7 Å². The van der Waals surface area contributed by atoms with E-state index < -0.39 is 35.9 Å². The molecule has 144 valence electrons. The molecule has 0 aliphatic heterocycles. The van der Waals surface area contributed by atoms with Crippen LogP contribution in [0.5, 0.6) is 0 Å². The third kappa shape index (κ3) is 5.97. The summed E-state index contributed by atoms with van der Waals surface area (Å²) in [5.74, 6) is -1.81. The van der Waals surface area contributed by atoms with Crippen molar-refractivity contribution >= 4 is 45.6 Å². The van der Waals surface area contributed by atoms with Gasteiger partial charge in [0.1, 0.15) is 0 Å². The Morgan fingerprint density at radius 2 is 2.11 bits per heavy atom. The Morgan fingerprint density at radius 3 is 2.78 bits per heavy atom. The Morgan fingerprint density at radius 1 is 1.37 bits per heavy atom. The summed E-state index contributed by atoms with van der Waals surface area (Å²) in [6.07, 6.45) is -3.10. The van der Waals surface area contributed by atoms with Crippen LogP contribution in [0.15, 0.2) is 36.2 Å². The molecule has 1 aromatic carbocycles. The van der Waals surface area contributed by atoms with Crippen LogP contribution in [-0.2, 0) is 15.7 Å². The molecule has 1 heterocycles. The molecule has 2 N–H and O–H groups in total. The zero-order valence-electron chi connectivity index (χ0n) is 13.6. The van der Waals surface area contributed by atoms with Gasteiger partial charge < -0.3 is 15.4 Å². The van der Waals surface area contributed by atoms with E-state index in [9.17, 15) is 22.8 Å². The summed E-state index contributed by atoms with van der Waals surface area (Å²) in [6, 6.07) is 2.91. The zero-order valence-corrected chi connectivity index (χ0v) is 15.2. The topological polar surface area (TPSA) is 80.3 Å². The van der Waals surface area contributed by atoms with Gasteiger partial charge >= 0.3 is 12.1 Å². The number of thiazole rings is 1. The highest BCUT2D eigenvalue weighted by Gasteiger charge is 2.34. The predicted molar refractivity (Wildman–Crippen MR) is 96.2 cm³/mol. The van der Waals surface area contributed by atoms with Gasteiger partial charge in [-0.2, -0.15) is 13.2 Å². The van der Waals surface area contributed by atoms with E-state index in [0.717, 1.165) is 17.4 Å². The fraction of sp³-hybridized carbons (Fsp3) is 0.188. The maximum absolute atomic E-state index is 13.0. The molecule has 27 heavy (non-hydrogen) atoms. The van der Waals surface area contributed by atoms with Crippen LogP contribution in [0.3, 0.4) is 0 Å². The van der Waals surface area contributed by atoms with Crippen molar-refractivity contribution in [3.05, 3.63) is 52.5 Å². The van der Waals surface area contributed by atoms with Gasteiger partial charge in [0.25, 0.3) is 5.91 Å². The second-order valence-electron chi connectivity index (χ2n) is 5.02. The van der Waals surface area contributed by atoms with Gasteiger partial charge in [-0.3, -0.25) is 4.79 Å². The van der Waals surface area contributed by atoms with Crippen LogP contribution in [-0.4, -0.2) is 30.0 Å². The maximum Gasteiger partial charge on any atom is 0.418 e. The molecule has 2 rings (SSSR count). The maximum atomic E-state index is 13.0. The van der Waals surface area contributed by atoms with Crippen LogP contribution >= 0.6 is 22.9 Å². The Labute approximate surface area is 161 Å². The number of benzene rings is 1. The van der Waals surface area contributed by atoms with E-state index in [1.54, 1.807) is 6.08 Å². The minimum atomic E-state index is -4.71. The van der Waals surface area contributed by atoms with Crippen molar-refractivity contribution in [2.75, 3.05) is 23.8 Å². The van der Waals surface area contributed by atoms with Crippen molar-refractivity contribution in [3.8, 4) is 0 Å². The highest BCUT2D eigenvalue weighted by Crippen LogP contribution is 2.36. The van der Waals surface area contributed by atoms with Gasteiger partial charge in [0.2, 0.25) is 0 Å². The molecule has 0 aliphatic carbocycles. The number of anilines is 2. The van der Waals surface area contributed by atoms with Gasteiger partial charge in [0.15, 0.2) is 17.4 Å². The number of nitrogens with one attached hydrogen (secondary N) is 2. The number of carbonyl (C=O) groups is 2. The molecule has 1 aromatic heterocycles. The number of aromatic nitrogens is 1. The van der Waals surface area contributed by atoms with E-state index in [4.69, 9.17) is 16.3 Å². The van der Waals surface area contributed by atoms with Crippen LogP contribution in [0.4, 0.5) is 24.0 Å². The van der Waals surface area contributed by atoms with Crippen LogP contribution in [0.1, 0.15) is 16.1 Å². The third-order valence-electron chi connectivity index (χ3n) is 3.01. The highest BCUT2D eigenvalue weighted by atomic mass is 35.5. The Bertz CT molecular complexity index is 855. The summed E-state index contributed by atoms with van der Waals surface area (Å²) >= 11 is 6.72. The standard InChI is InChI=1S/C16H13ClF3N3O3S/c1-2-5-21-15-23-12(8-27-15)14(25)26-7-13(24)22-11-4-3-9(17)6-10(11)16(18,19)20/h2-4,6,8H,1,5,7H2,(H,21,23)(H,22,24). The molecule has 0 atom stereocenters. The van der Waals surface area contributed by atoms with Crippen molar-refractivity contribution in [1.82, 2.24) is 4.98 Å². The van der Waals surface area contributed by atoms with E-state index in [2.05, 4.69) is 16.9 Å². The van der Waals surface area contributed by atoms with Gasteiger partial charge in [0.05, 0.1) is 11.3 Å². The summed E-state index contributed by atoms with van der Waals surface area (Å²) in [6.45, 7) is 3.21. The molecule has 0 saturated heterocycles. The number of hydrogen-bond donors (Lipinski definition) is 2. The summed E-state index contributed by atoms with van der Waals surface area (Å²) in [4.78, 5) is 27.6. The van der Waals surface area contributed by atoms with E-state index in [-0.39, 0.29) is 10.7 Å². The molecule has 0 saturated carbocycles. The average Bonchev–Trinajstić information content (AvgIpc) is 3.07. The number of ether oxygens (including phenoxy) is 1. The number of rotatable bonds is 7. The number of hydrogen-bond acceptors (Lipinski definition) is 6. The highest BCUT2D eigenvalue weighted by molar-refractivity contribution is 7.13. The second kappa shape index (κ2) is 8.87.